The lowest BCUT2D eigenvalue weighted by Gasteiger charge is -2.10. The molecule has 0 saturated heterocycles. The van der Waals surface area contributed by atoms with Gasteiger partial charge in [-0.3, -0.25) is 10.4 Å². The van der Waals surface area contributed by atoms with E-state index >= 15 is 0 Å². The highest BCUT2D eigenvalue weighted by atomic mass is 15.3. The van der Waals surface area contributed by atoms with Gasteiger partial charge in [0.1, 0.15) is 0 Å². The minimum Gasteiger partial charge on any atom is -0.325 e. The Morgan fingerprint density at radius 1 is 1.31 bits per heavy atom. The van der Waals surface area contributed by atoms with E-state index in [2.05, 4.69) is 20.6 Å². The number of hydrazine groups is 1. The number of likely N-dealkylation sites (N-methyl/N-ethyl adjacent to an activating group) is 1. The molecule has 16 heavy (non-hydrogen) atoms. The summed E-state index contributed by atoms with van der Waals surface area (Å²) in [6.45, 7) is 1.59. The second kappa shape index (κ2) is 6.81. The summed E-state index contributed by atoms with van der Waals surface area (Å²) in [5.41, 5.74) is 3.51. The molecule has 5 heteroatoms. The first-order valence-electron chi connectivity index (χ1n) is 5.20. The van der Waals surface area contributed by atoms with Gasteiger partial charge in [-0.1, -0.05) is 18.2 Å². The van der Waals surface area contributed by atoms with E-state index in [0.29, 0.717) is 12.5 Å². The summed E-state index contributed by atoms with van der Waals surface area (Å²) in [5.74, 6) is 5.96. The highest BCUT2D eigenvalue weighted by Crippen LogP contribution is 2.03. The van der Waals surface area contributed by atoms with Crippen molar-refractivity contribution < 1.29 is 0 Å². The average Bonchev–Trinajstić information content (AvgIpc) is 2.28. The quantitative estimate of drug-likeness (QED) is 0.299. The van der Waals surface area contributed by atoms with Crippen LogP contribution in [0.4, 0.5) is 5.69 Å². The van der Waals surface area contributed by atoms with Gasteiger partial charge in [-0.15, -0.1) is 0 Å². The normalized spacial score (nSPS) is 11.6. The van der Waals surface area contributed by atoms with Crippen LogP contribution in [0.15, 0.2) is 35.3 Å². The van der Waals surface area contributed by atoms with E-state index in [1.54, 1.807) is 0 Å². The van der Waals surface area contributed by atoms with Crippen LogP contribution in [0.1, 0.15) is 0 Å². The van der Waals surface area contributed by atoms with E-state index in [1.807, 2.05) is 44.4 Å². The predicted octanol–water partition coefficient (Wildman–Crippen LogP) is 0.479. The van der Waals surface area contributed by atoms with Crippen molar-refractivity contribution in [2.45, 2.75) is 0 Å². The molecule has 0 spiro atoms. The molecule has 4 N–H and O–H groups in total. The molecule has 0 aromatic heterocycles. The Bertz CT molecular complexity index is 320. The smallest absolute Gasteiger partial charge is 0.210 e. The summed E-state index contributed by atoms with van der Waals surface area (Å²) in [6, 6.07) is 9.79. The van der Waals surface area contributed by atoms with Crippen LogP contribution >= 0.6 is 0 Å². The van der Waals surface area contributed by atoms with Gasteiger partial charge < -0.3 is 10.2 Å². The molecule has 1 rings (SSSR count). The molecule has 0 unspecified atom stereocenters. The molecule has 0 bridgehead atoms. The first-order valence-corrected chi connectivity index (χ1v) is 5.20. The highest BCUT2D eigenvalue weighted by Gasteiger charge is 1.96. The molecule has 1 aromatic carbocycles. The van der Waals surface area contributed by atoms with Crippen LogP contribution in [0.5, 0.6) is 0 Å². The lowest BCUT2D eigenvalue weighted by atomic mass is 10.3. The van der Waals surface area contributed by atoms with Crippen molar-refractivity contribution in [3.05, 3.63) is 30.3 Å². The van der Waals surface area contributed by atoms with Gasteiger partial charge in [-0.25, -0.2) is 5.84 Å². The highest BCUT2D eigenvalue weighted by molar-refractivity contribution is 5.93. The Balaban J connectivity index is 2.48. The third-order valence-corrected chi connectivity index (χ3v) is 1.99. The molecule has 0 amide bonds. The number of benzene rings is 1. The summed E-state index contributed by atoms with van der Waals surface area (Å²) in [4.78, 5) is 6.38. The molecule has 0 aliphatic carbocycles. The molecule has 0 aliphatic heterocycles. The maximum Gasteiger partial charge on any atom is 0.210 e. The first-order chi connectivity index (χ1) is 7.72. The number of anilines is 1. The van der Waals surface area contributed by atoms with Gasteiger partial charge in [0.05, 0.1) is 6.54 Å². The summed E-state index contributed by atoms with van der Waals surface area (Å²) < 4.78 is 0. The Labute approximate surface area is 96.3 Å². The minimum atomic E-state index is 0.577. The second-order valence-electron chi connectivity index (χ2n) is 3.67. The van der Waals surface area contributed by atoms with E-state index in [0.717, 1.165) is 12.2 Å². The van der Waals surface area contributed by atoms with Gasteiger partial charge in [0.15, 0.2) is 0 Å². The van der Waals surface area contributed by atoms with Gasteiger partial charge >= 0.3 is 0 Å². The number of guanidine groups is 1. The maximum atomic E-state index is 5.38. The summed E-state index contributed by atoms with van der Waals surface area (Å²) in [5, 5.41) is 3.10. The van der Waals surface area contributed by atoms with Crippen molar-refractivity contribution in [1.82, 2.24) is 10.3 Å². The fourth-order valence-electron chi connectivity index (χ4n) is 1.14. The van der Waals surface area contributed by atoms with Gasteiger partial charge in [0.25, 0.3) is 0 Å². The van der Waals surface area contributed by atoms with Crippen LogP contribution in [-0.4, -0.2) is 38.0 Å². The SMILES string of the molecule is CN(C)CCN=C(NN)Nc1ccccc1. The fraction of sp³-hybridized carbons (Fsp3) is 0.364. The van der Waals surface area contributed by atoms with Gasteiger partial charge in [-0.2, -0.15) is 0 Å². The van der Waals surface area contributed by atoms with Crippen molar-refractivity contribution in [2.75, 3.05) is 32.5 Å². The van der Waals surface area contributed by atoms with E-state index < -0.39 is 0 Å². The molecule has 0 atom stereocenters. The average molecular weight is 221 g/mol. The molecular weight excluding hydrogens is 202 g/mol. The van der Waals surface area contributed by atoms with Crippen molar-refractivity contribution in [3.63, 3.8) is 0 Å². The van der Waals surface area contributed by atoms with Crippen LogP contribution in [0.3, 0.4) is 0 Å². The van der Waals surface area contributed by atoms with Crippen molar-refractivity contribution >= 4 is 11.6 Å². The number of nitrogens with one attached hydrogen (secondary N) is 2. The van der Waals surface area contributed by atoms with E-state index in [9.17, 15) is 0 Å². The molecule has 0 saturated carbocycles. The summed E-state index contributed by atoms with van der Waals surface area (Å²) in [6.07, 6.45) is 0. The van der Waals surface area contributed by atoms with Crippen molar-refractivity contribution in [1.29, 1.82) is 0 Å². The topological polar surface area (TPSA) is 65.7 Å². The molecule has 88 valence electrons. The van der Waals surface area contributed by atoms with Crippen LogP contribution in [0.2, 0.25) is 0 Å². The lowest BCUT2D eigenvalue weighted by Crippen LogP contribution is -2.36. The molecule has 1 aromatic rings. The Morgan fingerprint density at radius 2 is 2.00 bits per heavy atom. The van der Waals surface area contributed by atoms with Gasteiger partial charge in [-0.05, 0) is 26.2 Å². The fourth-order valence-corrected chi connectivity index (χ4v) is 1.14. The second-order valence-corrected chi connectivity index (χ2v) is 3.67. The zero-order valence-corrected chi connectivity index (χ0v) is 9.77. The van der Waals surface area contributed by atoms with E-state index in [-0.39, 0.29) is 0 Å². The Hall–Kier alpha value is -1.59. The van der Waals surface area contributed by atoms with Crippen molar-refractivity contribution in [3.8, 4) is 0 Å². The summed E-state index contributed by atoms with van der Waals surface area (Å²) in [7, 11) is 4.02. The molecule has 0 aliphatic rings. The zero-order valence-electron chi connectivity index (χ0n) is 9.77. The number of nitrogens with two attached hydrogens (primary N) is 1. The number of rotatable bonds is 4. The molecular formula is C11H19N5. The van der Waals surface area contributed by atoms with Crippen molar-refractivity contribution in [2.24, 2.45) is 10.8 Å². The van der Waals surface area contributed by atoms with Gasteiger partial charge in [0.2, 0.25) is 5.96 Å². The third kappa shape index (κ3) is 4.77. The van der Waals surface area contributed by atoms with Crippen LogP contribution in [0.25, 0.3) is 0 Å². The number of para-hydroxylation sites is 1. The standard InChI is InChI=1S/C11H19N5/c1-16(2)9-8-13-11(15-12)14-10-6-4-3-5-7-10/h3-7H,8-9,12H2,1-2H3,(H2,13,14,15). The zero-order chi connectivity index (χ0) is 11.8. The predicted molar refractivity (Wildman–Crippen MR) is 68.2 cm³/mol. The third-order valence-electron chi connectivity index (χ3n) is 1.99. The monoisotopic (exact) mass is 221 g/mol. The van der Waals surface area contributed by atoms with E-state index in [1.165, 1.54) is 0 Å². The van der Waals surface area contributed by atoms with Crippen LogP contribution in [-0.2, 0) is 0 Å². The molecule has 0 radical (unpaired) electrons. The molecule has 0 fully saturated rings. The minimum absolute atomic E-state index is 0.577. The Kier molecular flexibility index (Phi) is 5.31. The molecule has 5 nitrogen and oxygen atoms in total. The maximum absolute atomic E-state index is 5.38. The largest absolute Gasteiger partial charge is 0.325 e. The van der Waals surface area contributed by atoms with E-state index in [4.69, 9.17) is 5.84 Å². The number of hydrogen-bond acceptors (Lipinski definition) is 3. The van der Waals surface area contributed by atoms with Gasteiger partial charge in [0, 0.05) is 12.2 Å². The summed E-state index contributed by atoms with van der Waals surface area (Å²) >= 11 is 0. The lowest BCUT2D eigenvalue weighted by molar-refractivity contribution is 0.420. The number of nitrogens with zero attached hydrogens (tertiary/aromatic N) is 2. The molecule has 0 heterocycles. The van der Waals surface area contributed by atoms with Crippen LogP contribution < -0.4 is 16.6 Å². The van der Waals surface area contributed by atoms with Crippen LogP contribution in [0, 0.1) is 0 Å². The number of aliphatic imine (C=N–C) groups is 1. The number of hydrogen-bond donors (Lipinski definition) is 3. The first kappa shape index (κ1) is 12.5. The Morgan fingerprint density at radius 3 is 2.56 bits per heavy atom.